The van der Waals surface area contributed by atoms with Crippen molar-refractivity contribution in [2.45, 2.75) is 32.6 Å². The highest BCUT2D eigenvalue weighted by molar-refractivity contribution is 5.77. The van der Waals surface area contributed by atoms with E-state index in [-0.39, 0.29) is 17.9 Å². The van der Waals surface area contributed by atoms with Crippen molar-refractivity contribution in [3.63, 3.8) is 0 Å². The van der Waals surface area contributed by atoms with Crippen LogP contribution in [0.1, 0.15) is 32.6 Å². The first-order valence-corrected chi connectivity index (χ1v) is 5.76. The van der Waals surface area contributed by atoms with Gasteiger partial charge in [-0.25, -0.2) is 0 Å². The van der Waals surface area contributed by atoms with Gasteiger partial charge in [-0.15, -0.1) is 0 Å². The van der Waals surface area contributed by atoms with Crippen molar-refractivity contribution in [2.75, 3.05) is 26.2 Å². The van der Waals surface area contributed by atoms with E-state index in [2.05, 4.69) is 0 Å². The molecule has 88 valence electrons. The smallest absolute Gasteiger partial charge is 0.223 e. The Balaban J connectivity index is 2.45. The van der Waals surface area contributed by atoms with E-state index in [0.717, 1.165) is 12.8 Å². The Bertz CT molecular complexity index is 209. The predicted octanol–water partition coefficient (Wildman–Crippen LogP) is 0.346. The number of hydrogen-bond acceptors (Lipinski definition) is 3. The molecule has 0 radical (unpaired) electrons. The van der Waals surface area contributed by atoms with E-state index in [1.54, 1.807) is 4.90 Å². The predicted molar refractivity (Wildman–Crippen MR) is 59.3 cm³/mol. The van der Waals surface area contributed by atoms with E-state index < -0.39 is 0 Å². The van der Waals surface area contributed by atoms with Crippen molar-refractivity contribution >= 4 is 5.91 Å². The average Bonchev–Trinajstić information content (AvgIpc) is 2.19. The summed E-state index contributed by atoms with van der Waals surface area (Å²) in [6.45, 7) is 3.68. The van der Waals surface area contributed by atoms with E-state index >= 15 is 0 Å². The average molecular weight is 214 g/mol. The third-order valence-electron chi connectivity index (χ3n) is 3.48. The van der Waals surface area contributed by atoms with Crippen molar-refractivity contribution < 1.29 is 9.90 Å². The molecular weight excluding hydrogens is 192 g/mol. The zero-order valence-corrected chi connectivity index (χ0v) is 9.54. The molecule has 0 unspecified atom stereocenters. The molecule has 1 fully saturated rings. The maximum absolute atomic E-state index is 11.9. The van der Waals surface area contributed by atoms with Gasteiger partial charge in [-0.2, -0.15) is 0 Å². The summed E-state index contributed by atoms with van der Waals surface area (Å²) in [7, 11) is 0. The molecule has 1 aliphatic rings. The highest BCUT2D eigenvalue weighted by Crippen LogP contribution is 2.43. The van der Waals surface area contributed by atoms with Crippen molar-refractivity contribution in [1.82, 2.24) is 4.90 Å². The number of hydrogen-bond donors (Lipinski definition) is 2. The molecule has 1 amide bonds. The number of carbonyl (C=O) groups excluding carboxylic acids is 1. The Hall–Kier alpha value is -0.610. The minimum absolute atomic E-state index is 0.0369. The quantitative estimate of drug-likeness (QED) is 0.670. The number of likely N-dealkylation sites (N-methyl/N-ethyl adjacent to an activating group) is 1. The lowest BCUT2D eigenvalue weighted by atomic mass is 9.66. The first-order valence-electron chi connectivity index (χ1n) is 5.76. The van der Waals surface area contributed by atoms with Gasteiger partial charge in [0.15, 0.2) is 0 Å². The number of nitrogens with two attached hydrogens (primary N) is 1. The Kier molecular flexibility index (Phi) is 4.54. The van der Waals surface area contributed by atoms with Crippen LogP contribution in [0.2, 0.25) is 0 Å². The molecule has 15 heavy (non-hydrogen) atoms. The van der Waals surface area contributed by atoms with Gasteiger partial charge < -0.3 is 15.7 Å². The minimum atomic E-state index is 0.0369. The summed E-state index contributed by atoms with van der Waals surface area (Å²) < 4.78 is 0. The van der Waals surface area contributed by atoms with Crippen LogP contribution in [-0.4, -0.2) is 42.2 Å². The summed E-state index contributed by atoms with van der Waals surface area (Å²) in [6, 6.07) is 0. The molecule has 0 aliphatic heterocycles. The monoisotopic (exact) mass is 214 g/mol. The normalized spacial score (nSPS) is 18.3. The molecule has 1 rings (SSSR count). The molecule has 1 saturated carbocycles. The molecule has 1 aliphatic carbocycles. The summed E-state index contributed by atoms with van der Waals surface area (Å²) in [5.41, 5.74) is 5.78. The summed E-state index contributed by atoms with van der Waals surface area (Å²) in [5.74, 6) is 0.136. The summed E-state index contributed by atoms with van der Waals surface area (Å²) in [5, 5.41) is 8.82. The number of nitrogens with zero attached hydrogens (tertiary/aromatic N) is 1. The molecule has 0 aromatic heterocycles. The van der Waals surface area contributed by atoms with Crippen LogP contribution in [0.3, 0.4) is 0 Å². The summed E-state index contributed by atoms with van der Waals surface area (Å²) >= 11 is 0. The lowest BCUT2D eigenvalue weighted by Gasteiger charge is -2.41. The Labute approximate surface area is 91.4 Å². The highest BCUT2D eigenvalue weighted by Gasteiger charge is 2.38. The highest BCUT2D eigenvalue weighted by atomic mass is 16.3. The number of carbonyl (C=O) groups is 1. The molecule has 0 saturated heterocycles. The number of aliphatic hydroxyl groups is 1. The van der Waals surface area contributed by atoms with Crippen molar-refractivity contribution in [3.05, 3.63) is 0 Å². The van der Waals surface area contributed by atoms with Crippen LogP contribution < -0.4 is 5.73 Å². The summed E-state index contributed by atoms with van der Waals surface area (Å²) in [4.78, 5) is 13.6. The van der Waals surface area contributed by atoms with Gasteiger partial charge >= 0.3 is 0 Å². The third kappa shape index (κ3) is 2.92. The maximum Gasteiger partial charge on any atom is 0.223 e. The van der Waals surface area contributed by atoms with Gasteiger partial charge in [0, 0.05) is 19.5 Å². The van der Waals surface area contributed by atoms with Crippen LogP contribution in [0.4, 0.5) is 0 Å². The fourth-order valence-corrected chi connectivity index (χ4v) is 2.14. The van der Waals surface area contributed by atoms with Crippen LogP contribution in [0, 0.1) is 5.41 Å². The van der Waals surface area contributed by atoms with Crippen LogP contribution in [0.25, 0.3) is 0 Å². The molecule has 4 heteroatoms. The van der Waals surface area contributed by atoms with Gasteiger partial charge in [0.2, 0.25) is 5.91 Å². The third-order valence-corrected chi connectivity index (χ3v) is 3.48. The largest absolute Gasteiger partial charge is 0.395 e. The zero-order valence-electron chi connectivity index (χ0n) is 9.54. The van der Waals surface area contributed by atoms with Crippen LogP contribution in [0.15, 0.2) is 0 Å². The van der Waals surface area contributed by atoms with Crippen molar-refractivity contribution in [2.24, 2.45) is 11.1 Å². The Morgan fingerprint density at radius 3 is 2.53 bits per heavy atom. The first kappa shape index (κ1) is 12.5. The SMILES string of the molecule is CCN(CCO)C(=O)CC1(CN)CCC1. The van der Waals surface area contributed by atoms with Gasteiger partial charge in [-0.3, -0.25) is 4.79 Å². The molecular formula is C11H22N2O2. The van der Waals surface area contributed by atoms with Gasteiger partial charge in [-0.05, 0) is 31.7 Å². The lowest BCUT2D eigenvalue weighted by molar-refractivity contribution is -0.135. The maximum atomic E-state index is 11.9. The second kappa shape index (κ2) is 5.47. The number of amides is 1. The van der Waals surface area contributed by atoms with Crippen molar-refractivity contribution in [1.29, 1.82) is 0 Å². The molecule has 0 spiro atoms. The van der Waals surface area contributed by atoms with Gasteiger partial charge in [0.1, 0.15) is 0 Å². The molecule has 0 aromatic carbocycles. The number of rotatable bonds is 6. The molecule has 3 N–H and O–H groups in total. The lowest BCUT2D eigenvalue weighted by Crippen LogP contribution is -2.43. The first-order chi connectivity index (χ1) is 7.17. The standard InChI is InChI=1S/C11H22N2O2/c1-2-13(6-7-14)10(15)8-11(9-12)4-3-5-11/h14H,2-9,12H2,1H3. The molecule has 0 bridgehead atoms. The topological polar surface area (TPSA) is 66.6 Å². The Morgan fingerprint density at radius 1 is 1.53 bits per heavy atom. The second-order valence-corrected chi connectivity index (χ2v) is 4.43. The van der Waals surface area contributed by atoms with Crippen LogP contribution in [-0.2, 0) is 4.79 Å². The molecule has 4 nitrogen and oxygen atoms in total. The fourth-order valence-electron chi connectivity index (χ4n) is 2.14. The van der Waals surface area contributed by atoms with Crippen LogP contribution >= 0.6 is 0 Å². The van der Waals surface area contributed by atoms with Gasteiger partial charge in [-0.1, -0.05) is 6.42 Å². The van der Waals surface area contributed by atoms with E-state index in [9.17, 15) is 4.79 Å². The van der Waals surface area contributed by atoms with Crippen LogP contribution in [0.5, 0.6) is 0 Å². The minimum Gasteiger partial charge on any atom is -0.395 e. The Morgan fingerprint density at radius 2 is 2.20 bits per heavy atom. The molecule has 0 atom stereocenters. The second-order valence-electron chi connectivity index (χ2n) is 4.43. The molecule has 0 aromatic rings. The van der Waals surface area contributed by atoms with Gasteiger partial charge in [0.25, 0.3) is 0 Å². The van der Waals surface area contributed by atoms with E-state index in [4.69, 9.17) is 10.8 Å². The number of aliphatic hydroxyl groups excluding tert-OH is 1. The van der Waals surface area contributed by atoms with E-state index in [1.807, 2.05) is 6.92 Å². The van der Waals surface area contributed by atoms with Gasteiger partial charge in [0.05, 0.1) is 6.61 Å². The fraction of sp³-hybridized carbons (Fsp3) is 0.909. The van der Waals surface area contributed by atoms with E-state index in [1.165, 1.54) is 6.42 Å². The van der Waals surface area contributed by atoms with Crippen molar-refractivity contribution in [3.8, 4) is 0 Å². The zero-order chi connectivity index (χ0) is 11.3. The summed E-state index contributed by atoms with van der Waals surface area (Å²) in [6.07, 6.45) is 3.89. The van der Waals surface area contributed by atoms with E-state index in [0.29, 0.717) is 26.1 Å². The molecule has 0 heterocycles.